The van der Waals surface area contributed by atoms with Gasteiger partial charge in [0, 0.05) is 40.8 Å². The van der Waals surface area contributed by atoms with Gasteiger partial charge in [0.1, 0.15) is 5.75 Å². The van der Waals surface area contributed by atoms with Crippen LogP contribution in [0.25, 0.3) is 0 Å². The summed E-state index contributed by atoms with van der Waals surface area (Å²) in [5.41, 5.74) is 2.79. The summed E-state index contributed by atoms with van der Waals surface area (Å²) in [6.45, 7) is 0. The Labute approximate surface area is 173 Å². The summed E-state index contributed by atoms with van der Waals surface area (Å²) in [5.74, 6) is 2.59. The Morgan fingerprint density at radius 1 is 0.750 bits per heavy atom. The van der Waals surface area contributed by atoms with Crippen molar-refractivity contribution in [3.8, 4) is 0 Å². The van der Waals surface area contributed by atoms with E-state index in [1.165, 1.54) is 55.4 Å². The Kier molecular flexibility index (Phi) is 6.90. The van der Waals surface area contributed by atoms with Crippen molar-refractivity contribution in [1.82, 2.24) is 0 Å². The van der Waals surface area contributed by atoms with E-state index >= 15 is 0 Å². The summed E-state index contributed by atoms with van der Waals surface area (Å²) >= 11 is 0. The van der Waals surface area contributed by atoms with Gasteiger partial charge in [0.25, 0.3) is 0 Å². The van der Waals surface area contributed by atoms with Gasteiger partial charge in [0.15, 0.2) is 16.3 Å². The average molecular weight is 394 g/mol. The van der Waals surface area contributed by atoms with Crippen LogP contribution in [0, 0.1) is 5.92 Å². The number of carbonyl (C=O) groups excluding carboxylic acids is 1. The van der Waals surface area contributed by atoms with E-state index in [2.05, 4.69) is 60.7 Å². The summed E-state index contributed by atoms with van der Waals surface area (Å²) in [6.07, 6.45) is 11.1. The molecule has 2 aliphatic carbocycles. The second-order valence-corrected chi connectivity index (χ2v) is 10.9. The van der Waals surface area contributed by atoms with Gasteiger partial charge in [-0.2, -0.15) is 0 Å². The Morgan fingerprint density at radius 2 is 1.32 bits per heavy atom. The van der Waals surface area contributed by atoms with Crippen molar-refractivity contribution < 1.29 is 4.79 Å². The zero-order chi connectivity index (χ0) is 19.2. The van der Waals surface area contributed by atoms with Crippen molar-refractivity contribution >= 4 is 16.7 Å². The van der Waals surface area contributed by atoms with Crippen LogP contribution in [0.3, 0.4) is 0 Å². The first kappa shape index (κ1) is 19.8. The van der Waals surface area contributed by atoms with Crippen LogP contribution in [0.15, 0.2) is 60.7 Å². The van der Waals surface area contributed by atoms with Crippen LogP contribution >= 0.6 is 0 Å². The van der Waals surface area contributed by atoms with E-state index in [9.17, 15) is 4.79 Å². The molecule has 0 saturated heterocycles. The first-order chi connectivity index (χ1) is 13.8. The van der Waals surface area contributed by atoms with Crippen LogP contribution in [-0.4, -0.2) is 16.8 Å². The molecule has 2 atom stereocenters. The molecule has 2 saturated carbocycles. The SMILES string of the molecule is O=C1CCCCC1[S+](CC1CCCCC1)C(c1ccccc1)c1ccccc1. The molecule has 0 heterocycles. The summed E-state index contributed by atoms with van der Waals surface area (Å²) in [6, 6.07) is 22.0. The Bertz CT molecular complexity index is 696. The second-order valence-electron chi connectivity index (χ2n) is 8.54. The van der Waals surface area contributed by atoms with E-state index in [0.717, 1.165) is 25.2 Å². The molecule has 1 nitrogen and oxygen atoms in total. The predicted molar refractivity (Wildman–Crippen MR) is 121 cm³/mol. The lowest BCUT2D eigenvalue weighted by Gasteiger charge is -2.31. The zero-order valence-electron chi connectivity index (χ0n) is 16.9. The number of Topliss-reactive ketones (excluding diaryl/α,β-unsaturated/α-hetero) is 1. The standard InChI is InChI=1S/C26H33OS/c27-24-18-10-11-19-25(24)28(20-21-12-4-1-5-13-21)26(22-14-6-2-7-15-22)23-16-8-3-9-17-23/h2-3,6-9,14-17,21,25-26H,1,4-5,10-13,18-20H2/q+1. The highest BCUT2D eigenvalue weighted by molar-refractivity contribution is 7.98. The lowest BCUT2D eigenvalue weighted by molar-refractivity contribution is -0.119. The van der Waals surface area contributed by atoms with Crippen molar-refractivity contribution in [1.29, 1.82) is 0 Å². The molecule has 2 aromatic rings. The Hall–Kier alpha value is -1.54. The minimum absolute atomic E-state index is 0.0722. The van der Waals surface area contributed by atoms with Gasteiger partial charge < -0.3 is 0 Å². The molecule has 0 radical (unpaired) electrons. The fraction of sp³-hybridized carbons (Fsp3) is 0.500. The maximum atomic E-state index is 13.1. The van der Waals surface area contributed by atoms with E-state index in [1.807, 2.05) is 0 Å². The van der Waals surface area contributed by atoms with Gasteiger partial charge in [-0.1, -0.05) is 79.9 Å². The number of rotatable bonds is 6. The Morgan fingerprint density at radius 3 is 1.89 bits per heavy atom. The molecule has 0 bridgehead atoms. The van der Waals surface area contributed by atoms with Crippen LogP contribution in [-0.2, 0) is 15.7 Å². The third-order valence-corrected chi connectivity index (χ3v) is 9.76. The summed E-state index contributed by atoms with van der Waals surface area (Å²) in [4.78, 5) is 13.1. The lowest BCUT2D eigenvalue weighted by Crippen LogP contribution is -2.40. The van der Waals surface area contributed by atoms with E-state index in [1.54, 1.807) is 0 Å². The van der Waals surface area contributed by atoms with Gasteiger partial charge in [-0.25, -0.2) is 0 Å². The maximum absolute atomic E-state index is 13.1. The maximum Gasteiger partial charge on any atom is 0.184 e. The molecule has 0 amide bonds. The first-order valence-electron chi connectivity index (χ1n) is 11.1. The lowest BCUT2D eigenvalue weighted by atomic mass is 9.91. The molecule has 0 aromatic heterocycles. The van der Waals surface area contributed by atoms with Gasteiger partial charge in [0.05, 0.1) is 0 Å². The van der Waals surface area contributed by atoms with Crippen molar-refractivity contribution in [3.63, 3.8) is 0 Å². The normalized spacial score (nSPS) is 22.3. The van der Waals surface area contributed by atoms with Crippen LogP contribution in [0.1, 0.15) is 74.2 Å². The zero-order valence-corrected chi connectivity index (χ0v) is 17.7. The minimum atomic E-state index is 0.0722. The topological polar surface area (TPSA) is 17.1 Å². The van der Waals surface area contributed by atoms with Crippen molar-refractivity contribution in [2.24, 2.45) is 5.92 Å². The highest BCUT2D eigenvalue weighted by Crippen LogP contribution is 2.41. The van der Waals surface area contributed by atoms with E-state index in [-0.39, 0.29) is 16.1 Å². The molecular formula is C26H33OS+. The van der Waals surface area contributed by atoms with Crippen molar-refractivity contribution in [2.75, 3.05) is 5.75 Å². The highest BCUT2D eigenvalue weighted by Gasteiger charge is 2.46. The average Bonchev–Trinajstić information content (AvgIpc) is 2.76. The number of carbonyl (C=O) groups is 1. The van der Waals surface area contributed by atoms with Gasteiger partial charge in [0.2, 0.25) is 0 Å². The van der Waals surface area contributed by atoms with E-state index in [0.29, 0.717) is 11.0 Å². The molecule has 0 N–H and O–H groups in total. The molecule has 2 aliphatic rings. The molecule has 2 unspecified atom stereocenters. The molecule has 0 aliphatic heterocycles. The van der Waals surface area contributed by atoms with Crippen LogP contribution in [0.2, 0.25) is 0 Å². The van der Waals surface area contributed by atoms with Gasteiger partial charge in [-0.15, -0.1) is 0 Å². The second kappa shape index (κ2) is 9.78. The summed E-state index contributed by atoms with van der Waals surface area (Å²) in [5, 5.41) is 0.623. The molecule has 4 rings (SSSR count). The van der Waals surface area contributed by atoms with E-state index < -0.39 is 0 Å². The molecule has 28 heavy (non-hydrogen) atoms. The van der Waals surface area contributed by atoms with Gasteiger partial charge in [-0.05, 0) is 25.7 Å². The molecule has 0 spiro atoms. The molecular weight excluding hydrogens is 360 g/mol. The van der Waals surface area contributed by atoms with Crippen molar-refractivity contribution in [2.45, 2.75) is 68.3 Å². The third-order valence-electron chi connectivity index (χ3n) is 6.52. The van der Waals surface area contributed by atoms with Crippen LogP contribution in [0.5, 0.6) is 0 Å². The van der Waals surface area contributed by atoms with Crippen LogP contribution < -0.4 is 0 Å². The fourth-order valence-corrected chi connectivity index (χ4v) is 8.64. The summed E-state index contributed by atoms with van der Waals surface area (Å²) in [7, 11) is 0.0722. The van der Waals surface area contributed by atoms with E-state index in [4.69, 9.17) is 0 Å². The molecule has 148 valence electrons. The van der Waals surface area contributed by atoms with Gasteiger partial charge in [-0.3, -0.25) is 4.79 Å². The Balaban J connectivity index is 1.72. The smallest absolute Gasteiger partial charge is 0.184 e. The highest BCUT2D eigenvalue weighted by atomic mass is 32.2. The fourth-order valence-electron chi connectivity index (χ4n) is 5.07. The summed E-state index contributed by atoms with van der Waals surface area (Å²) < 4.78 is 0. The van der Waals surface area contributed by atoms with Crippen LogP contribution in [0.4, 0.5) is 0 Å². The minimum Gasteiger partial charge on any atom is -0.294 e. The number of benzene rings is 2. The number of hydrogen-bond donors (Lipinski definition) is 0. The molecule has 2 aromatic carbocycles. The monoisotopic (exact) mass is 393 g/mol. The first-order valence-corrected chi connectivity index (χ1v) is 12.7. The number of hydrogen-bond acceptors (Lipinski definition) is 1. The number of ketones is 1. The van der Waals surface area contributed by atoms with Crippen molar-refractivity contribution in [3.05, 3.63) is 71.8 Å². The molecule has 2 fully saturated rings. The quantitative estimate of drug-likeness (QED) is 0.513. The van der Waals surface area contributed by atoms with Gasteiger partial charge >= 0.3 is 0 Å². The largest absolute Gasteiger partial charge is 0.294 e. The third kappa shape index (κ3) is 4.71. The molecule has 2 heteroatoms. The predicted octanol–water partition coefficient (Wildman–Crippen LogP) is 6.49.